The van der Waals surface area contributed by atoms with E-state index in [4.69, 9.17) is 0 Å². The number of hydrogen-bond acceptors (Lipinski definition) is 1. The topological polar surface area (TPSA) is 20.2 Å². The Hall–Kier alpha value is -0.560. The van der Waals surface area contributed by atoms with E-state index in [2.05, 4.69) is 25.2 Å². The minimum Gasteiger partial charge on any atom is -0.393 e. The highest BCUT2D eigenvalue weighted by Gasteiger charge is 2.55. The van der Waals surface area contributed by atoms with Crippen LogP contribution in [0.1, 0.15) is 51.9 Å². The van der Waals surface area contributed by atoms with Gasteiger partial charge in [0.2, 0.25) is 0 Å². The lowest BCUT2D eigenvalue weighted by molar-refractivity contribution is -0.0451. The highest BCUT2D eigenvalue weighted by Crippen LogP contribution is 2.60. The Morgan fingerprint density at radius 3 is 2.95 bits per heavy atom. The van der Waals surface area contributed by atoms with Crippen molar-refractivity contribution < 1.29 is 5.11 Å². The minimum absolute atomic E-state index is 0.0323. The molecule has 19 heavy (non-hydrogen) atoms. The summed E-state index contributed by atoms with van der Waals surface area (Å²) in [5.41, 5.74) is 1.87. The molecule has 4 aliphatic carbocycles. The van der Waals surface area contributed by atoms with E-state index in [1.807, 2.05) is 0 Å². The van der Waals surface area contributed by atoms with Crippen molar-refractivity contribution >= 4 is 0 Å². The molecule has 2 fully saturated rings. The molecule has 0 aromatic rings. The number of fused-ring (bicyclic) bond motifs is 5. The maximum absolute atomic E-state index is 10.4. The molecule has 0 aromatic carbocycles. The summed E-state index contributed by atoms with van der Waals surface area (Å²) in [6, 6.07) is 0. The van der Waals surface area contributed by atoms with Gasteiger partial charge in [0.15, 0.2) is 0 Å². The third-order valence-corrected chi connectivity index (χ3v) is 6.97. The summed E-state index contributed by atoms with van der Waals surface area (Å²) in [4.78, 5) is 0. The Morgan fingerprint density at radius 1 is 1.16 bits per heavy atom. The molecule has 1 heteroatoms. The molecule has 1 nitrogen and oxygen atoms in total. The molecule has 0 spiro atoms. The van der Waals surface area contributed by atoms with Crippen molar-refractivity contribution in [2.75, 3.05) is 0 Å². The van der Waals surface area contributed by atoms with Crippen molar-refractivity contribution in [3.05, 3.63) is 23.8 Å². The fraction of sp³-hybridized carbons (Fsp3) is 0.778. The Balaban J connectivity index is 1.67. The number of aliphatic hydroxyl groups excluding tert-OH is 1. The average Bonchev–Trinajstić information content (AvgIpc) is 2.75. The van der Waals surface area contributed by atoms with Crippen LogP contribution in [0.25, 0.3) is 0 Å². The molecule has 0 saturated heterocycles. The van der Waals surface area contributed by atoms with E-state index in [0.717, 1.165) is 30.1 Å². The van der Waals surface area contributed by atoms with Gasteiger partial charge in [-0.25, -0.2) is 0 Å². The lowest BCUT2D eigenvalue weighted by Gasteiger charge is -2.52. The smallest absolute Gasteiger partial charge is 0.0596 e. The predicted octanol–water partition coefficient (Wildman–Crippen LogP) is 4.09. The number of hydrogen-bond donors (Lipinski definition) is 1. The summed E-state index contributed by atoms with van der Waals surface area (Å²) in [5.74, 6) is 3.39. The van der Waals surface area contributed by atoms with Gasteiger partial charge < -0.3 is 5.11 Å². The Kier molecular flexibility index (Phi) is 2.71. The van der Waals surface area contributed by atoms with Gasteiger partial charge in [-0.05, 0) is 79.6 Å². The molecule has 0 aromatic heterocycles. The van der Waals surface area contributed by atoms with Crippen molar-refractivity contribution in [1.29, 1.82) is 0 Å². The third kappa shape index (κ3) is 1.63. The molecule has 6 atom stereocenters. The fourth-order valence-corrected chi connectivity index (χ4v) is 5.87. The molecule has 0 heterocycles. The number of allylic oxidation sites excluding steroid dienone is 4. The SMILES string of the molecule is CC12CCC3C4CCC=CC4=CCC3C1CCC2O. The summed E-state index contributed by atoms with van der Waals surface area (Å²) in [6.07, 6.45) is 16.1. The Bertz CT molecular complexity index is 435. The summed E-state index contributed by atoms with van der Waals surface area (Å²) in [5, 5.41) is 10.4. The maximum Gasteiger partial charge on any atom is 0.0596 e. The lowest BCUT2D eigenvalue weighted by atomic mass is 9.53. The molecule has 4 rings (SSSR count). The van der Waals surface area contributed by atoms with Crippen LogP contribution in [-0.4, -0.2) is 11.2 Å². The van der Waals surface area contributed by atoms with Gasteiger partial charge in [-0.15, -0.1) is 0 Å². The van der Waals surface area contributed by atoms with Gasteiger partial charge in [0.1, 0.15) is 0 Å². The van der Waals surface area contributed by atoms with Gasteiger partial charge in [-0.1, -0.05) is 25.2 Å². The van der Waals surface area contributed by atoms with Crippen LogP contribution >= 0.6 is 0 Å². The van der Waals surface area contributed by atoms with Crippen LogP contribution in [-0.2, 0) is 0 Å². The molecule has 0 bridgehead atoms. The predicted molar refractivity (Wildman–Crippen MR) is 77.6 cm³/mol. The molecule has 0 radical (unpaired) electrons. The van der Waals surface area contributed by atoms with Gasteiger partial charge in [0, 0.05) is 0 Å². The van der Waals surface area contributed by atoms with Crippen LogP contribution in [0.2, 0.25) is 0 Å². The maximum atomic E-state index is 10.4. The molecule has 4 aliphatic rings. The van der Waals surface area contributed by atoms with E-state index in [0.29, 0.717) is 0 Å². The van der Waals surface area contributed by atoms with Crippen molar-refractivity contribution in [3.63, 3.8) is 0 Å². The Morgan fingerprint density at radius 2 is 2.05 bits per heavy atom. The number of aliphatic hydroxyl groups is 1. The zero-order chi connectivity index (χ0) is 13.0. The van der Waals surface area contributed by atoms with Crippen LogP contribution in [0.3, 0.4) is 0 Å². The lowest BCUT2D eigenvalue weighted by Crippen LogP contribution is -2.46. The van der Waals surface area contributed by atoms with Crippen molar-refractivity contribution in [3.8, 4) is 0 Å². The van der Waals surface area contributed by atoms with Gasteiger partial charge in [0.05, 0.1) is 6.10 Å². The number of rotatable bonds is 0. The average molecular weight is 258 g/mol. The molecule has 2 saturated carbocycles. The molecule has 6 unspecified atom stereocenters. The van der Waals surface area contributed by atoms with Crippen LogP contribution in [0.5, 0.6) is 0 Å². The van der Waals surface area contributed by atoms with Crippen LogP contribution in [0.15, 0.2) is 23.8 Å². The van der Waals surface area contributed by atoms with Crippen LogP contribution in [0.4, 0.5) is 0 Å². The molecule has 104 valence electrons. The van der Waals surface area contributed by atoms with Crippen molar-refractivity contribution in [2.24, 2.45) is 29.1 Å². The summed E-state index contributed by atoms with van der Waals surface area (Å²) >= 11 is 0. The standard InChI is InChI=1S/C18H26O/c1-18-11-10-14-13-5-3-2-4-12(13)6-7-15(14)16(18)8-9-17(18)19/h2,4,6,13-17,19H,3,5,7-11H2,1H3. The van der Waals surface area contributed by atoms with Gasteiger partial charge in [-0.2, -0.15) is 0 Å². The van der Waals surface area contributed by atoms with E-state index < -0.39 is 0 Å². The Labute approximate surface area is 116 Å². The minimum atomic E-state index is -0.0323. The van der Waals surface area contributed by atoms with Gasteiger partial charge in [0.25, 0.3) is 0 Å². The summed E-state index contributed by atoms with van der Waals surface area (Å²) in [7, 11) is 0. The van der Waals surface area contributed by atoms with Crippen LogP contribution < -0.4 is 0 Å². The summed E-state index contributed by atoms with van der Waals surface area (Å²) < 4.78 is 0. The van der Waals surface area contributed by atoms with Gasteiger partial charge >= 0.3 is 0 Å². The fourth-order valence-electron chi connectivity index (χ4n) is 5.87. The van der Waals surface area contributed by atoms with E-state index in [-0.39, 0.29) is 11.5 Å². The molecular formula is C18H26O. The van der Waals surface area contributed by atoms with Crippen LogP contribution in [0, 0.1) is 29.1 Å². The van der Waals surface area contributed by atoms with E-state index in [1.165, 1.54) is 38.5 Å². The van der Waals surface area contributed by atoms with Crippen molar-refractivity contribution in [1.82, 2.24) is 0 Å². The molecule has 0 aliphatic heterocycles. The van der Waals surface area contributed by atoms with Gasteiger partial charge in [-0.3, -0.25) is 0 Å². The quantitative estimate of drug-likeness (QED) is 0.694. The third-order valence-electron chi connectivity index (χ3n) is 6.97. The second-order valence-electron chi connectivity index (χ2n) is 7.60. The van der Waals surface area contributed by atoms with E-state index in [9.17, 15) is 5.11 Å². The largest absolute Gasteiger partial charge is 0.393 e. The van der Waals surface area contributed by atoms with E-state index >= 15 is 0 Å². The molecule has 1 N–H and O–H groups in total. The molecular weight excluding hydrogens is 232 g/mol. The highest BCUT2D eigenvalue weighted by atomic mass is 16.3. The zero-order valence-corrected chi connectivity index (χ0v) is 12.0. The second kappa shape index (κ2) is 4.22. The van der Waals surface area contributed by atoms with E-state index in [1.54, 1.807) is 5.57 Å². The zero-order valence-electron chi connectivity index (χ0n) is 12.0. The normalized spacial score (nSPS) is 52.1. The molecule has 0 amide bonds. The highest BCUT2D eigenvalue weighted by molar-refractivity contribution is 5.29. The summed E-state index contributed by atoms with van der Waals surface area (Å²) in [6.45, 7) is 2.37. The van der Waals surface area contributed by atoms with Crippen molar-refractivity contribution in [2.45, 2.75) is 58.0 Å². The monoisotopic (exact) mass is 258 g/mol. The first kappa shape index (κ1) is 12.2. The second-order valence-corrected chi connectivity index (χ2v) is 7.60. The first-order valence-corrected chi connectivity index (χ1v) is 8.25. The first-order valence-electron chi connectivity index (χ1n) is 8.25. The first-order chi connectivity index (χ1) is 9.20.